The van der Waals surface area contributed by atoms with Gasteiger partial charge < -0.3 is 20.4 Å². The lowest BCUT2D eigenvalue weighted by molar-refractivity contribution is -0.117. The van der Waals surface area contributed by atoms with Crippen LogP contribution < -0.4 is 15.5 Å². The SMILES string of the molecule is CN=C(NCc1ccc(N2CCCC2=O)cc1)NCC(c1c(F)cccc1F)N(C)C. The lowest BCUT2D eigenvalue weighted by atomic mass is 10.0. The van der Waals surface area contributed by atoms with Crippen molar-refractivity contribution in [3.8, 4) is 0 Å². The quantitative estimate of drug-likeness (QED) is 0.525. The molecule has 0 aromatic heterocycles. The third-order valence-electron chi connectivity index (χ3n) is 5.42. The number of likely N-dealkylation sites (N-methyl/N-ethyl adjacent to an activating group) is 1. The number of guanidine groups is 1. The zero-order valence-corrected chi connectivity index (χ0v) is 18.2. The van der Waals surface area contributed by atoms with E-state index >= 15 is 0 Å². The molecule has 0 saturated carbocycles. The minimum absolute atomic E-state index is 0.0301. The smallest absolute Gasteiger partial charge is 0.227 e. The van der Waals surface area contributed by atoms with Crippen LogP contribution in [0.25, 0.3) is 0 Å². The van der Waals surface area contributed by atoms with Crippen LogP contribution in [0.2, 0.25) is 0 Å². The Hall–Kier alpha value is -3.00. The van der Waals surface area contributed by atoms with Crippen LogP contribution in [-0.2, 0) is 11.3 Å². The van der Waals surface area contributed by atoms with Crippen LogP contribution in [0.15, 0.2) is 47.5 Å². The van der Waals surface area contributed by atoms with Crippen molar-refractivity contribution < 1.29 is 13.6 Å². The predicted molar refractivity (Wildman–Crippen MR) is 119 cm³/mol. The molecule has 1 atom stereocenters. The maximum absolute atomic E-state index is 14.2. The van der Waals surface area contributed by atoms with Gasteiger partial charge >= 0.3 is 0 Å². The van der Waals surface area contributed by atoms with Crippen molar-refractivity contribution in [2.45, 2.75) is 25.4 Å². The Morgan fingerprint density at radius 2 is 1.81 bits per heavy atom. The van der Waals surface area contributed by atoms with E-state index in [-0.39, 0.29) is 18.0 Å². The van der Waals surface area contributed by atoms with Gasteiger partial charge in [0.1, 0.15) is 11.6 Å². The summed E-state index contributed by atoms with van der Waals surface area (Å²) in [6.07, 6.45) is 1.50. The number of aliphatic imine (C=N–C) groups is 1. The first kappa shape index (κ1) is 22.7. The molecule has 1 saturated heterocycles. The molecule has 2 aromatic rings. The average Bonchev–Trinajstić information content (AvgIpc) is 3.18. The molecule has 8 heteroatoms. The second-order valence-electron chi connectivity index (χ2n) is 7.74. The first-order valence-corrected chi connectivity index (χ1v) is 10.3. The highest BCUT2D eigenvalue weighted by Gasteiger charge is 2.23. The second kappa shape index (κ2) is 10.3. The van der Waals surface area contributed by atoms with E-state index in [2.05, 4.69) is 15.6 Å². The Labute approximate surface area is 182 Å². The number of nitrogens with one attached hydrogen (secondary N) is 2. The van der Waals surface area contributed by atoms with Crippen molar-refractivity contribution in [1.29, 1.82) is 0 Å². The molecular weight excluding hydrogens is 400 g/mol. The highest BCUT2D eigenvalue weighted by atomic mass is 19.1. The third kappa shape index (κ3) is 5.58. The first-order chi connectivity index (χ1) is 14.9. The molecule has 166 valence electrons. The lowest BCUT2D eigenvalue weighted by Crippen LogP contribution is -2.41. The van der Waals surface area contributed by atoms with Gasteiger partial charge in [-0.15, -0.1) is 0 Å². The number of halogens is 2. The van der Waals surface area contributed by atoms with Crippen molar-refractivity contribution in [3.05, 3.63) is 65.2 Å². The van der Waals surface area contributed by atoms with Crippen LogP contribution in [0.4, 0.5) is 14.5 Å². The average molecular weight is 430 g/mol. The zero-order valence-electron chi connectivity index (χ0n) is 18.2. The molecule has 1 unspecified atom stereocenters. The van der Waals surface area contributed by atoms with Crippen LogP contribution in [-0.4, -0.2) is 51.0 Å². The summed E-state index contributed by atoms with van der Waals surface area (Å²) in [6, 6.07) is 11.2. The van der Waals surface area contributed by atoms with Crippen LogP contribution in [0.5, 0.6) is 0 Å². The molecule has 6 nitrogen and oxygen atoms in total. The molecule has 0 aliphatic carbocycles. The fourth-order valence-electron chi connectivity index (χ4n) is 3.69. The number of carbonyl (C=O) groups excluding carboxylic acids is 1. The van der Waals surface area contributed by atoms with Gasteiger partial charge in [0.2, 0.25) is 5.91 Å². The summed E-state index contributed by atoms with van der Waals surface area (Å²) in [6.45, 7) is 1.57. The fraction of sp³-hybridized carbons (Fsp3) is 0.391. The summed E-state index contributed by atoms with van der Waals surface area (Å²) in [5.41, 5.74) is 1.97. The van der Waals surface area contributed by atoms with Crippen LogP contribution in [0.1, 0.15) is 30.0 Å². The highest BCUT2D eigenvalue weighted by Crippen LogP contribution is 2.24. The normalized spacial score (nSPS) is 15.5. The maximum atomic E-state index is 14.2. The van der Waals surface area contributed by atoms with Gasteiger partial charge in [0.05, 0.1) is 6.04 Å². The summed E-state index contributed by atoms with van der Waals surface area (Å²) in [7, 11) is 5.20. The van der Waals surface area contributed by atoms with Gasteiger partial charge in [-0.2, -0.15) is 0 Å². The third-order valence-corrected chi connectivity index (χ3v) is 5.42. The largest absolute Gasteiger partial charge is 0.354 e. The number of anilines is 1. The molecule has 3 rings (SSSR count). The summed E-state index contributed by atoms with van der Waals surface area (Å²) in [5.74, 6) is -0.445. The number of hydrogen-bond acceptors (Lipinski definition) is 3. The summed E-state index contributed by atoms with van der Waals surface area (Å²) in [5, 5.41) is 6.36. The van der Waals surface area contributed by atoms with Crippen molar-refractivity contribution >= 4 is 17.6 Å². The van der Waals surface area contributed by atoms with E-state index in [9.17, 15) is 13.6 Å². The lowest BCUT2D eigenvalue weighted by Gasteiger charge is -2.26. The van der Waals surface area contributed by atoms with Crippen molar-refractivity contribution in [1.82, 2.24) is 15.5 Å². The van der Waals surface area contributed by atoms with Gasteiger partial charge in [-0.25, -0.2) is 8.78 Å². The summed E-state index contributed by atoms with van der Waals surface area (Å²) < 4.78 is 28.5. The van der Waals surface area contributed by atoms with Crippen LogP contribution >= 0.6 is 0 Å². The molecule has 1 aliphatic heterocycles. The molecule has 1 fully saturated rings. The van der Waals surface area contributed by atoms with Gasteiger partial charge in [-0.05, 0) is 50.3 Å². The number of hydrogen-bond donors (Lipinski definition) is 2. The molecule has 0 bridgehead atoms. The van der Waals surface area contributed by atoms with Gasteiger partial charge in [0.25, 0.3) is 0 Å². The molecule has 1 heterocycles. The maximum Gasteiger partial charge on any atom is 0.227 e. The number of benzene rings is 2. The molecule has 2 aromatic carbocycles. The topological polar surface area (TPSA) is 60.0 Å². The first-order valence-electron chi connectivity index (χ1n) is 10.3. The van der Waals surface area contributed by atoms with Gasteiger partial charge in [0.15, 0.2) is 5.96 Å². The molecule has 1 amide bonds. The Bertz CT molecular complexity index is 910. The fourth-order valence-corrected chi connectivity index (χ4v) is 3.69. The number of amides is 1. The van der Waals surface area contributed by atoms with Gasteiger partial charge in [-0.3, -0.25) is 9.79 Å². The number of carbonyl (C=O) groups is 1. The van der Waals surface area contributed by atoms with Gasteiger partial charge in [0, 0.05) is 44.4 Å². The molecular formula is C23H29F2N5O. The van der Waals surface area contributed by atoms with Crippen LogP contribution in [0, 0.1) is 11.6 Å². The van der Waals surface area contributed by atoms with E-state index in [1.807, 2.05) is 24.3 Å². The Morgan fingerprint density at radius 1 is 1.13 bits per heavy atom. The Morgan fingerprint density at radius 3 is 2.35 bits per heavy atom. The summed E-state index contributed by atoms with van der Waals surface area (Å²) >= 11 is 0. The minimum atomic E-state index is -0.569. The van der Waals surface area contributed by atoms with E-state index in [4.69, 9.17) is 0 Å². The highest BCUT2D eigenvalue weighted by molar-refractivity contribution is 5.95. The predicted octanol–water partition coefficient (Wildman–Crippen LogP) is 3.06. The minimum Gasteiger partial charge on any atom is -0.354 e. The number of rotatable bonds is 7. The molecule has 2 N–H and O–H groups in total. The molecule has 0 radical (unpaired) electrons. The van der Waals surface area contributed by atoms with E-state index in [1.54, 1.807) is 30.9 Å². The van der Waals surface area contributed by atoms with Crippen molar-refractivity contribution in [3.63, 3.8) is 0 Å². The van der Waals surface area contributed by atoms with E-state index in [1.165, 1.54) is 18.2 Å². The van der Waals surface area contributed by atoms with Crippen LogP contribution in [0.3, 0.4) is 0 Å². The Kier molecular flexibility index (Phi) is 7.57. The zero-order chi connectivity index (χ0) is 22.4. The Balaban J connectivity index is 1.58. The van der Waals surface area contributed by atoms with E-state index in [0.29, 0.717) is 18.9 Å². The molecule has 0 spiro atoms. The molecule has 1 aliphatic rings. The second-order valence-corrected chi connectivity index (χ2v) is 7.74. The van der Waals surface area contributed by atoms with Gasteiger partial charge in [-0.1, -0.05) is 18.2 Å². The van der Waals surface area contributed by atoms with E-state index in [0.717, 1.165) is 24.2 Å². The van der Waals surface area contributed by atoms with Crippen molar-refractivity contribution in [2.75, 3.05) is 39.1 Å². The standard InChI is InChI=1S/C23H29F2N5O/c1-26-23(28-15-20(29(2)3)22-18(24)6-4-7-19(22)25)27-14-16-9-11-17(12-10-16)30-13-5-8-21(30)31/h4,6-7,9-12,20H,5,8,13-15H2,1-3H3,(H2,26,27,28). The number of nitrogens with zero attached hydrogens (tertiary/aromatic N) is 3. The molecule has 31 heavy (non-hydrogen) atoms. The monoisotopic (exact) mass is 429 g/mol. The van der Waals surface area contributed by atoms with Crippen molar-refractivity contribution in [2.24, 2.45) is 4.99 Å². The summed E-state index contributed by atoms with van der Waals surface area (Å²) in [4.78, 5) is 19.6. The van der Waals surface area contributed by atoms with E-state index < -0.39 is 17.7 Å².